The summed E-state index contributed by atoms with van der Waals surface area (Å²) in [7, 11) is -1.55. The number of nitrogens with one attached hydrogen (secondary N) is 1. The SMILES string of the molecule is CC[C@H](C)NC(=O)[C@@H](Cc1ccccc1)N(Cc1ccccc1F)C(=O)CN(c1cc(OC)ccc1OC)S(=O)(=O)c1ccccc1. The van der Waals surface area contributed by atoms with Gasteiger partial charge in [-0.05, 0) is 49.2 Å². The summed E-state index contributed by atoms with van der Waals surface area (Å²) in [5, 5.41) is 2.97. The van der Waals surface area contributed by atoms with Crippen LogP contribution in [-0.2, 0) is 32.6 Å². The highest BCUT2D eigenvalue weighted by atomic mass is 32.2. The first-order valence-electron chi connectivity index (χ1n) is 15.3. The molecular formula is C36H40FN3O6S. The molecule has 0 radical (unpaired) electrons. The molecule has 0 bridgehead atoms. The van der Waals surface area contributed by atoms with Gasteiger partial charge in [-0.25, -0.2) is 12.8 Å². The molecule has 0 aliphatic heterocycles. The highest BCUT2D eigenvalue weighted by Crippen LogP contribution is 2.36. The molecule has 0 aliphatic rings. The van der Waals surface area contributed by atoms with Gasteiger partial charge in [-0.2, -0.15) is 0 Å². The molecule has 4 rings (SSSR count). The van der Waals surface area contributed by atoms with Crippen molar-refractivity contribution in [3.05, 3.63) is 120 Å². The van der Waals surface area contributed by atoms with Crippen LogP contribution in [-0.4, -0.2) is 58.0 Å². The predicted octanol–water partition coefficient (Wildman–Crippen LogP) is 5.59. The van der Waals surface area contributed by atoms with Crippen LogP contribution < -0.4 is 19.1 Å². The molecule has 0 saturated carbocycles. The van der Waals surface area contributed by atoms with E-state index < -0.39 is 40.2 Å². The summed E-state index contributed by atoms with van der Waals surface area (Å²) in [6.45, 7) is 2.76. The molecule has 0 aliphatic carbocycles. The maximum atomic E-state index is 15.1. The van der Waals surface area contributed by atoms with Crippen molar-refractivity contribution in [2.45, 2.75) is 50.2 Å². The maximum absolute atomic E-state index is 15.1. The monoisotopic (exact) mass is 661 g/mol. The van der Waals surface area contributed by atoms with Crippen molar-refractivity contribution in [2.24, 2.45) is 0 Å². The van der Waals surface area contributed by atoms with E-state index >= 15 is 4.39 Å². The van der Waals surface area contributed by atoms with Crippen LogP contribution in [0, 0.1) is 5.82 Å². The summed E-state index contributed by atoms with van der Waals surface area (Å²) < 4.78 is 55.5. The van der Waals surface area contributed by atoms with Gasteiger partial charge in [0, 0.05) is 30.6 Å². The quantitative estimate of drug-likeness (QED) is 0.178. The van der Waals surface area contributed by atoms with Crippen molar-refractivity contribution < 1.29 is 31.9 Å². The first-order valence-corrected chi connectivity index (χ1v) is 16.7. The Morgan fingerprint density at radius 1 is 0.872 bits per heavy atom. The minimum atomic E-state index is -4.37. The zero-order valence-corrected chi connectivity index (χ0v) is 27.7. The van der Waals surface area contributed by atoms with E-state index in [4.69, 9.17) is 9.47 Å². The van der Waals surface area contributed by atoms with Crippen LogP contribution in [0.4, 0.5) is 10.1 Å². The number of benzene rings is 4. The fourth-order valence-corrected chi connectivity index (χ4v) is 6.47. The highest BCUT2D eigenvalue weighted by Gasteiger charge is 2.36. The van der Waals surface area contributed by atoms with E-state index in [9.17, 15) is 18.0 Å². The number of anilines is 1. The third kappa shape index (κ3) is 8.68. The Labute approximate surface area is 276 Å². The third-order valence-corrected chi connectivity index (χ3v) is 9.61. The van der Waals surface area contributed by atoms with E-state index in [0.29, 0.717) is 12.2 Å². The molecular weight excluding hydrogens is 621 g/mol. The van der Waals surface area contributed by atoms with Crippen LogP contribution >= 0.6 is 0 Å². The van der Waals surface area contributed by atoms with E-state index in [-0.39, 0.29) is 40.9 Å². The summed E-state index contributed by atoms with van der Waals surface area (Å²) in [6.07, 6.45) is 0.751. The van der Waals surface area contributed by atoms with Gasteiger partial charge in [0.2, 0.25) is 11.8 Å². The van der Waals surface area contributed by atoms with E-state index in [1.807, 2.05) is 44.2 Å². The molecule has 47 heavy (non-hydrogen) atoms. The minimum Gasteiger partial charge on any atom is -0.497 e. The summed E-state index contributed by atoms with van der Waals surface area (Å²) in [6, 6.07) is 26.1. The number of amides is 2. The molecule has 2 amide bonds. The van der Waals surface area contributed by atoms with Gasteiger partial charge in [0.15, 0.2) is 0 Å². The lowest BCUT2D eigenvalue weighted by atomic mass is 10.0. The van der Waals surface area contributed by atoms with Crippen LogP contribution in [0.3, 0.4) is 0 Å². The van der Waals surface area contributed by atoms with Gasteiger partial charge in [-0.15, -0.1) is 0 Å². The molecule has 2 atom stereocenters. The Morgan fingerprint density at radius 2 is 1.51 bits per heavy atom. The topological polar surface area (TPSA) is 105 Å². The standard InChI is InChI=1S/C36H40FN3O6S/c1-5-26(2)38-36(42)33(22-27-14-8-6-9-15-27)39(24-28-16-12-13-19-31(28)37)35(41)25-40(47(43,44)30-17-10-7-11-18-30)32-23-29(45-3)20-21-34(32)46-4/h6-21,23,26,33H,5,22,24-25H2,1-4H3,(H,38,42)/t26-,33+/m0/s1. The maximum Gasteiger partial charge on any atom is 0.264 e. The first-order chi connectivity index (χ1) is 22.6. The Bertz CT molecular complexity index is 1760. The molecule has 4 aromatic carbocycles. The number of sulfonamides is 1. The fraction of sp³-hybridized carbons (Fsp3) is 0.278. The lowest BCUT2D eigenvalue weighted by molar-refractivity contribution is -0.140. The number of halogens is 1. The van der Waals surface area contributed by atoms with Crippen molar-refractivity contribution in [1.29, 1.82) is 0 Å². The second kappa shape index (κ2) is 16.1. The number of methoxy groups -OCH3 is 2. The number of hydrogen-bond acceptors (Lipinski definition) is 6. The Hall–Kier alpha value is -4.90. The van der Waals surface area contributed by atoms with Crippen LogP contribution in [0.1, 0.15) is 31.4 Å². The number of carbonyl (C=O) groups excluding carboxylic acids is 2. The van der Waals surface area contributed by atoms with E-state index in [2.05, 4.69) is 5.32 Å². The average Bonchev–Trinajstić information content (AvgIpc) is 3.09. The Kier molecular flexibility index (Phi) is 12.0. The number of nitrogens with zero attached hydrogens (tertiary/aromatic N) is 2. The van der Waals surface area contributed by atoms with Crippen molar-refractivity contribution >= 4 is 27.5 Å². The fourth-order valence-electron chi connectivity index (χ4n) is 5.03. The largest absolute Gasteiger partial charge is 0.497 e. The van der Waals surface area contributed by atoms with Crippen molar-refractivity contribution in [3.63, 3.8) is 0 Å². The van der Waals surface area contributed by atoms with Crippen LogP contribution in [0.25, 0.3) is 0 Å². The van der Waals surface area contributed by atoms with Gasteiger partial charge >= 0.3 is 0 Å². The first kappa shape index (κ1) is 35.0. The van der Waals surface area contributed by atoms with Crippen molar-refractivity contribution in [3.8, 4) is 11.5 Å². The molecule has 248 valence electrons. The average molecular weight is 662 g/mol. The molecule has 0 saturated heterocycles. The van der Waals surface area contributed by atoms with Crippen LogP contribution in [0.2, 0.25) is 0 Å². The van der Waals surface area contributed by atoms with Gasteiger partial charge < -0.3 is 19.7 Å². The molecule has 1 N–H and O–H groups in total. The molecule has 9 nitrogen and oxygen atoms in total. The minimum absolute atomic E-state index is 0.0542. The molecule has 0 heterocycles. The molecule has 4 aromatic rings. The zero-order chi connectivity index (χ0) is 34.0. The van der Waals surface area contributed by atoms with Gasteiger partial charge in [-0.1, -0.05) is 73.7 Å². The van der Waals surface area contributed by atoms with E-state index in [1.54, 1.807) is 36.4 Å². The second-order valence-electron chi connectivity index (χ2n) is 11.0. The number of rotatable bonds is 15. The zero-order valence-electron chi connectivity index (χ0n) is 26.9. The Morgan fingerprint density at radius 3 is 2.13 bits per heavy atom. The molecule has 0 aromatic heterocycles. The molecule has 0 unspecified atom stereocenters. The summed E-state index contributed by atoms with van der Waals surface area (Å²) in [5.41, 5.74) is 0.997. The molecule has 11 heteroatoms. The summed E-state index contributed by atoms with van der Waals surface area (Å²) >= 11 is 0. The van der Waals surface area contributed by atoms with E-state index in [0.717, 1.165) is 9.87 Å². The van der Waals surface area contributed by atoms with Crippen LogP contribution in [0.15, 0.2) is 108 Å². The third-order valence-electron chi connectivity index (χ3n) is 7.84. The van der Waals surface area contributed by atoms with Gasteiger partial charge in [0.05, 0.1) is 24.8 Å². The van der Waals surface area contributed by atoms with Gasteiger partial charge in [-0.3, -0.25) is 13.9 Å². The smallest absolute Gasteiger partial charge is 0.264 e. The highest BCUT2D eigenvalue weighted by molar-refractivity contribution is 7.92. The summed E-state index contributed by atoms with van der Waals surface area (Å²) in [4.78, 5) is 29.7. The van der Waals surface area contributed by atoms with Crippen LogP contribution in [0.5, 0.6) is 11.5 Å². The number of ether oxygens (including phenoxy) is 2. The Balaban J connectivity index is 1.87. The van der Waals surface area contributed by atoms with Crippen molar-refractivity contribution in [2.75, 3.05) is 25.1 Å². The molecule has 0 fully saturated rings. The van der Waals surface area contributed by atoms with Crippen molar-refractivity contribution in [1.82, 2.24) is 10.2 Å². The lowest BCUT2D eigenvalue weighted by Gasteiger charge is -2.34. The normalized spacial score (nSPS) is 12.4. The second-order valence-corrected chi connectivity index (χ2v) is 12.9. The lowest BCUT2D eigenvalue weighted by Crippen LogP contribution is -2.54. The van der Waals surface area contributed by atoms with E-state index in [1.165, 1.54) is 55.5 Å². The number of hydrogen-bond donors (Lipinski definition) is 1. The predicted molar refractivity (Wildman–Crippen MR) is 179 cm³/mol. The number of carbonyl (C=O) groups is 2. The molecule has 0 spiro atoms. The van der Waals surface area contributed by atoms with Gasteiger partial charge in [0.1, 0.15) is 29.9 Å². The van der Waals surface area contributed by atoms with Gasteiger partial charge in [0.25, 0.3) is 10.0 Å². The summed E-state index contributed by atoms with van der Waals surface area (Å²) in [5.74, 6) is -1.22.